The fourth-order valence-corrected chi connectivity index (χ4v) is 2.68. The molecule has 0 saturated heterocycles. The molecule has 0 atom stereocenters. The number of hydrogen-bond donors (Lipinski definition) is 0. The van der Waals surface area contributed by atoms with Crippen LogP contribution in [-0.4, -0.2) is 4.98 Å². The molecule has 0 bridgehead atoms. The highest BCUT2D eigenvalue weighted by Gasteiger charge is 2.27. The van der Waals surface area contributed by atoms with Crippen LogP contribution in [0.15, 0.2) is 24.3 Å². The second-order valence-electron chi connectivity index (χ2n) is 6.25. The average molecular weight is 260 g/mol. The van der Waals surface area contributed by atoms with Crippen LogP contribution in [0.5, 0.6) is 0 Å². The minimum atomic E-state index is 0.0953. The van der Waals surface area contributed by atoms with E-state index in [-0.39, 0.29) is 5.41 Å². The van der Waals surface area contributed by atoms with Crippen LogP contribution in [0, 0.1) is 0 Å². The summed E-state index contributed by atoms with van der Waals surface area (Å²) in [4.78, 5) is 4.88. The number of rotatable bonds is 1. The van der Waals surface area contributed by atoms with E-state index in [0.29, 0.717) is 5.92 Å². The Balaban J connectivity index is 2.30. The van der Waals surface area contributed by atoms with Crippen molar-refractivity contribution in [1.29, 1.82) is 0 Å². The fourth-order valence-electron chi connectivity index (χ4n) is 2.42. The van der Waals surface area contributed by atoms with E-state index in [1.807, 2.05) is 6.07 Å². The first kappa shape index (κ1) is 12.0. The van der Waals surface area contributed by atoms with Crippen molar-refractivity contribution in [3.05, 3.63) is 40.5 Å². The average Bonchev–Trinajstić information content (AvgIpc) is 3.10. The monoisotopic (exact) mass is 259 g/mol. The molecular formula is C16H18ClN. The smallest absolute Gasteiger partial charge is 0.0757 e. The van der Waals surface area contributed by atoms with E-state index >= 15 is 0 Å². The topological polar surface area (TPSA) is 12.9 Å². The molecule has 0 radical (unpaired) electrons. The van der Waals surface area contributed by atoms with Crippen LogP contribution in [0.3, 0.4) is 0 Å². The van der Waals surface area contributed by atoms with Gasteiger partial charge in [0.05, 0.1) is 10.5 Å². The summed E-state index contributed by atoms with van der Waals surface area (Å²) in [6, 6.07) is 8.36. The number of para-hydroxylation sites is 1. The van der Waals surface area contributed by atoms with Crippen LogP contribution < -0.4 is 0 Å². The maximum Gasteiger partial charge on any atom is 0.0757 e. The van der Waals surface area contributed by atoms with Crippen molar-refractivity contribution in [3.63, 3.8) is 0 Å². The Morgan fingerprint density at radius 2 is 1.94 bits per heavy atom. The Morgan fingerprint density at radius 3 is 2.56 bits per heavy atom. The van der Waals surface area contributed by atoms with Crippen LogP contribution in [0.25, 0.3) is 10.9 Å². The summed E-state index contributed by atoms with van der Waals surface area (Å²) >= 11 is 6.42. The van der Waals surface area contributed by atoms with E-state index in [9.17, 15) is 0 Å². The lowest BCUT2D eigenvalue weighted by molar-refractivity contribution is 0.594. The van der Waals surface area contributed by atoms with Gasteiger partial charge in [-0.3, -0.25) is 4.98 Å². The highest BCUT2D eigenvalue weighted by atomic mass is 35.5. The van der Waals surface area contributed by atoms with Gasteiger partial charge in [0.1, 0.15) is 0 Å². The van der Waals surface area contributed by atoms with Gasteiger partial charge in [0.25, 0.3) is 0 Å². The van der Waals surface area contributed by atoms with Crippen molar-refractivity contribution in [2.24, 2.45) is 0 Å². The van der Waals surface area contributed by atoms with E-state index in [1.54, 1.807) is 0 Å². The molecule has 1 aliphatic rings. The van der Waals surface area contributed by atoms with Crippen molar-refractivity contribution in [1.82, 2.24) is 4.98 Å². The number of hydrogen-bond acceptors (Lipinski definition) is 1. The van der Waals surface area contributed by atoms with Crippen LogP contribution in [-0.2, 0) is 5.41 Å². The van der Waals surface area contributed by atoms with Gasteiger partial charge >= 0.3 is 0 Å². The predicted octanol–water partition coefficient (Wildman–Crippen LogP) is 5.06. The van der Waals surface area contributed by atoms with Gasteiger partial charge < -0.3 is 0 Å². The third-order valence-electron chi connectivity index (χ3n) is 3.61. The number of pyridine rings is 1. The number of nitrogens with zero attached hydrogens (tertiary/aromatic N) is 1. The molecule has 1 fully saturated rings. The molecule has 1 aromatic heterocycles. The molecule has 1 heterocycles. The standard InChI is InChI=1S/C16H18ClN/c1-16(2,3)12-6-4-5-11-13(17)9-14(10-7-8-10)18-15(11)12/h4-6,9-10H,7-8H2,1-3H3. The van der Waals surface area contributed by atoms with Gasteiger partial charge in [0.15, 0.2) is 0 Å². The number of fused-ring (bicyclic) bond motifs is 1. The minimum absolute atomic E-state index is 0.0953. The summed E-state index contributed by atoms with van der Waals surface area (Å²) in [7, 11) is 0. The lowest BCUT2D eigenvalue weighted by Crippen LogP contribution is -2.12. The molecule has 94 valence electrons. The molecule has 0 amide bonds. The predicted molar refractivity (Wildman–Crippen MR) is 77.4 cm³/mol. The SMILES string of the molecule is CC(C)(C)c1cccc2c(Cl)cc(C3CC3)nc12. The van der Waals surface area contributed by atoms with Crippen molar-refractivity contribution >= 4 is 22.5 Å². The van der Waals surface area contributed by atoms with E-state index in [1.165, 1.54) is 24.1 Å². The van der Waals surface area contributed by atoms with Crippen LogP contribution >= 0.6 is 11.6 Å². The zero-order valence-electron chi connectivity index (χ0n) is 11.1. The lowest BCUT2D eigenvalue weighted by Gasteiger charge is -2.21. The highest BCUT2D eigenvalue weighted by molar-refractivity contribution is 6.35. The molecule has 2 heteroatoms. The van der Waals surface area contributed by atoms with Crippen LogP contribution in [0.2, 0.25) is 5.02 Å². The largest absolute Gasteiger partial charge is 0.252 e. The zero-order valence-corrected chi connectivity index (χ0v) is 11.9. The van der Waals surface area contributed by atoms with Gasteiger partial charge in [-0.05, 0) is 29.9 Å². The highest BCUT2D eigenvalue weighted by Crippen LogP contribution is 2.42. The first-order chi connectivity index (χ1) is 8.47. The molecule has 1 nitrogen and oxygen atoms in total. The molecule has 0 N–H and O–H groups in total. The molecular weight excluding hydrogens is 242 g/mol. The molecule has 1 saturated carbocycles. The molecule has 2 aromatic rings. The number of benzene rings is 1. The van der Waals surface area contributed by atoms with Crippen molar-refractivity contribution in [2.45, 2.75) is 44.9 Å². The van der Waals surface area contributed by atoms with E-state index in [0.717, 1.165) is 15.9 Å². The molecule has 18 heavy (non-hydrogen) atoms. The number of halogens is 1. The summed E-state index contributed by atoms with van der Waals surface area (Å²) in [5.74, 6) is 0.639. The van der Waals surface area contributed by atoms with Crippen molar-refractivity contribution < 1.29 is 0 Å². The molecule has 1 aromatic carbocycles. The maximum absolute atomic E-state index is 6.42. The molecule has 1 aliphatic carbocycles. The molecule has 0 spiro atoms. The Bertz CT molecular complexity index is 606. The maximum atomic E-state index is 6.42. The van der Waals surface area contributed by atoms with E-state index < -0.39 is 0 Å². The third-order valence-corrected chi connectivity index (χ3v) is 3.93. The van der Waals surface area contributed by atoms with E-state index in [2.05, 4.69) is 39.0 Å². The Kier molecular flexibility index (Phi) is 2.63. The second-order valence-corrected chi connectivity index (χ2v) is 6.66. The van der Waals surface area contributed by atoms with Gasteiger partial charge in [0, 0.05) is 17.0 Å². The summed E-state index contributed by atoms with van der Waals surface area (Å²) in [5.41, 5.74) is 3.63. The lowest BCUT2D eigenvalue weighted by atomic mass is 9.85. The van der Waals surface area contributed by atoms with Crippen LogP contribution in [0.1, 0.15) is 50.8 Å². The fraction of sp³-hybridized carbons (Fsp3) is 0.438. The normalized spacial score (nSPS) is 16.2. The van der Waals surface area contributed by atoms with Gasteiger partial charge in [0.2, 0.25) is 0 Å². The van der Waals surface area contributed by atoms with Crippen molar-refractivity contribution in [3.8, 4) is 0 Å². The summed E-state index contributed by atoms with van der Waals surface area (Å²) in [6.07, 6.45) is 2.51. The van der Waals surface area contributed by atoms with Crippen molar-refractivity contribution in [2.75, 3.05) is 0 Å². The molecule has 0 unspecified atom stereocenters. The first-order valence-electron chi connectivity index (χ1n) is 6.56. The van der Waals surface area contributed by atoms with Crippen LogP contribution in [0.4, 0.5) is 0 Å². The first-order valence-corrected chi connectivity index (χ1v) is 6.94. The van der Waals surface area contributed by atoms with Gasteiger partial charge in [-0.1, -0.05) is 50.6 Å². The zero-order chi connectivity index (χ0) is 12.9. The Labute approximate surface area is 113 Å². The summed E-state index contributed by atoms with van der Waals surface area (Å²) in [5, 5.41) is 1.92. The summed E-state index contributed by atoms with van der Waals surface area (Å²) < 4.78 is 0. The van der Waals surface area contributed by atoms with Gasteiger partial charge in [-0.25, -0.2) is 0 Å². The minimum Gasteiger partial charge on any atom is -0.252 e. The molecule has 0 aliphatic heterocycles. The number of aromatic nitrogens is 1. The Hall–Kier alpha value is -1.08. The quantitative estimate of drug-likeness (QED) is 0.697. The second kappa shape index (κ2) is 3.96. The van der Waals surface area contributed by atoms with Gasteiger partial charge in [-0.2, -0.15) is 0 Å². The summed E-state index contributed by atoms with van der Waals surface area (Å²) in [6.45, 7) is 6.67. The van der Waals surface area contributed by atoms with E-state index in [4.69, 9.17) is 16.6 Å². The molecule has 3 rings (SSSR count). The Morgan fingerprint density at radius 1 is 1.22 bits per heavy atom. The third kappa shape index (κ3) is 2.01. The van der Waals surface area contributed by atoms with Gasteiger partial charge in [-0.15, -0.1) is 0 Å².